The number of aromatic nitrogens is 3. The van der Waals surface area contributed by atoms with Crippen molar-refractivity contribution in [2.75, 3.05) is 0 Å². The van der Waals surface area contributed by atoms with Gasteiger partial charge in [0, 0.05) is 23.9 Å². The van der Waals surface area contributed by atoms with Crippen LogP contribution in [0.5, 0.6) is 0 Å². The van der Waals surface area contributed by atoms with Gasteiger partial charge >= 0.3 is 0 Å². The second-order valence-electron chi connectivity index (χ2n) is 3.52. The summed E-state index contributed by atoms with van der Waals surface area (Å²) in [6.45, 7) is 3.73. The molecule has 2 rings (SSSR count). The zero-order chi connectivity index (χ0) is 10.1. The molecule has 1 N–H and O–H groups in total. The molecular formula is C10H13N3O. The lowest BCUT2D eigenvalue weighted by atomic mass is 10.0. The molecule has 0 aromatic carbocycles. The molecule has 0 aliphatic heterocycles. The first-order chi connectivity index (χ1) is 6.68. The fraction of sp³-hybridized carbons (Fsp3) is 0.400. The van der Waals surface area contributed by atoms with E-state index >= 15 is 0 Å². The normalized spacial score (nSPS) is 15.6. The topological polar surface area (TPSA) is 50.4 Å². The molecule has 74 valence electrons. The SMILES string of the molecule is CC(O)C(C)c1ccn2nccc2n1. The largest absolute Gasteiger partial charge is 0.393 e. The van der Waals surface area contributed by atoms with Crippen molar-refractivity contribution in [3.63, 3.8) is 0 Å². The van der Waals surface area contributed by atoms with Crippen LogP contribution in [0, 0.1) is 0 Å². The number of fused-ring (bicyclic) bond motifs is 1. The second-order valence-corrected chi connectivity index (χ2v) is 3.52. The van der Waals surface area contributed by atoms with Crippen molar-refractivity contribution in [1.82, 2.24) is 14.6 Å². The van der Waals surface area contributed by atoms with Gasteiger partial charge in [-0.05, 0) is 13.0 Å². The van der Waals surface area contributed by atoms with Crippen molar-refractivity contribution in [1.29, 1.82) is 0 Å². The maximum atomic E-state index is 9.43. The molecule has 0 fully saturated rings. The van der Waals surface area contributed by atoms with E-state index in [1.165, 1.54) is 0 Å². The van der Waals surface area contributed by atoms with Gasteiger partial charge in [-0.3, -0.25) is 0 Å². The quantitative estimate of drug-likeness (QED) is 0.776. The number of nitrogens with zero attached hydrogens (tertiary/aromatic N) is 3. The summed E-state index contributed by atoms with van der Waals surface area (Å²) in [6, 6.07) is 3.73. The highest BCUT2D eigenvalue weighted by atomic mass is 16.3. The summed E-state index contributed by atoms with van der Waals surface area (Å²) in [5.41, 5.74) is 1.71. The van der Waals surface area contributed by atoms with Crippen molar-refractivity contribution in [2.45, 2.75) is 25.9 Å². The van der Waals surface area contributed by atoms with Crippen LogP contribution < -0.4 is 0 Å². The highest BCUT2D eigenvalue weighted by Gasteiger charge is 2.13. The van der Waals surface area contributed by atoms with E-state index in [-0.39, 0.29) is 12.0 Å². The van der Waals surface area contributed by atoms with Gasteiger partial charge in [0.15, 0.2) is 5.65 Å². The molecule has 0 bridgehead atoms. The Balaban J connectivity index is 2.43. The maximum absolute atomic E-state index is 9.43. The summed E-state index contributed by atoms with van der Waals surface area (Å²) in [5.74, 6) is 0.0508. The van der Waals surface area contributed by atoms with Gasteiger partial charge in [-0.15, -0.1) is 0 Å². The summed E-state index contributed by atoms with van der Waals surface area (Å²) in [6.07, 6.45) is 3.18. The Hall–Kier alpha value is -1.42. The van der Waals surface area contributed by atoms with Crippen molar-refractivity contribution in [3.05, 3.63) is 30.2 Å². The van der Waals surface area contributed by atoms with Crippen molar-refractivity contribution < 1.29 is 5.11 Å². The van der Waals surface area contributed by atoms with Crippen LogP contribution in [-0.4, -0.2) is 25.8 Å². The average Bonchev–Trinajstić information content (AvgIpc) is 2.62. The lowest BCUT2D eigenvalue weighted by molar-refractivity contribution is 0.167. The molecule has 4 heteroatoms. The van der Waals surface area contributed by atoms with Crippen molar-refractivity contribution in [2.24, 2.45) is 0 Å². The first kappa shape index (κ1) is 9.15. The number of aliphatic hydroxyl groups excluding tert-OH is 1. The first-order valence-corrected chi connectivity index (χ1v) is 4.67. The van der Waals surface area contributed by atoms with E-state index in [1.807, 2.05) is 25.3 Å². The molecule has 0 radical (unpaired) electrons. The number of aliphatic hydroxyl groups is 1. The van der Waals surface area contributed by atoms with Gasteiger partial charge in [-0.25, -0.2) is 9.50 Å². The van der Waals surface area contributed by atoms with Gasteiger partial charge in [0.2, 0.25) is 0 Å². The van der Waals surface area contributed by atoms with E-state index in [9.17, 15) is 5.11 Å². The highest BCUT2D eigenvalue weighted by molar-refractivity contribution is 5.36. The van der Waals surface area contributed by atoms with Crippen LogP contribution in [0.15, 0.2) is 24.5 Å². The molecule has 2 atom stereocenters. The van der Waals surface area contributed by atoms with Gasteiger partial charge in [0.25, 0.3) is 0 Å². The Kier molecular flexibility index (Phi) is 2.21. The fourth-order valence-electron chi connectivity index (χ4n) is 1.33. The molecule has 0 amide bonds. The van der Waals surface area contributed by atoms with Crippen LogP contribution in [0.25, 0.3) is 5.65 Å². The molecule has 4 nitrogen and oxygen atoms in total. The Morgan fingerprint density at radius 3 is 2.86 bits per heavy atom. The molecule has 0 saturated carbocycles. The summed E-state index contributed by atoms with van der Waals surface area (Å²) in [5, 5.41) is 13.5. The van der Waals surface area contributed by atoms with E-state index in [1.54, 1.807) is 17.6 Å². The van der Waals surface area contributed by atoms with Crippen LogP contribution in [0.2, 0.25) is 0 Å². The van der Waals surface area contributed by atoms with E-state index in [2.05, 4.69) is 10.1 Å². The Morgan fingerprint density at radius 2 is 2.14 bits per heavy atom. The predicted octanol–water partition coefficient (Wildman–Crippen LogP) is 1.21. The number of hydrogen-bond acceptors (Lipinski definition) is 3. The molecule has 2 aromatic heterocycles. The second kappa shape index (κ2) is 3.38. The molecule has 0 saturated heterocycles. The number of hydrogen-bond donors (Lipinski definition) is 1. The molecule has 2 aromatic rings. The van der Waals surface area contributed by atoms with Crippen LogP contribution in [0.3, 0.4) is 0 Å². The van der Waals surface area contributed by atoms with Gasteiger partial charge in [-0.2, -0.15) is 5.10 Å². The summed E-state index contributed by atoms with van der Waals surface area (Å²) < 4.78 is 1.71. The summed E-state index contributed by atoms with van der Waals surface area (Å²) in [7, 11) is 0. The minimum absolute atomic E-state index is 0.0508. The molecular weight excluding hydrogens is 178 g/mol. The van der Waals surface area contributed by atoms with E-state index in [0.29, 0.717) is 0 Å². The fourth-order valence-corrected chi connectivity index (χ4v) is 1.33. The Morgan fingerprint density at radius 1 is 1.36 bits per heavy atom. The molecule has 0 aliphatic rings. The van der Waals surface area contributed by atoms with Gasteiger partial charge in [0.1, 0.15) is 0 Å². The van der Waals surface area contributed by atoms with Crippen molar-refractivity contribution >= 4 is 5.65 Å². The highest BCUT2D eigenvalue weighted by Crippen LogP contribution is 2.16. The Labute approximate surface area is 82.2 Å². The van der Waals surface area contributed by atoms with Crippen molar-refractivity contribution in [3.8, 4) is 0 Å². The summed E-state index contributed by atoms with van der Waals surface area (Å²) >= 11 is 0. The zero-order valence-electron chi connectivity index (χ0n) is 8.25. The lowest BCUT2D eigenvalue weighted by Gasteiger charge is -2.13. The smallest absolute Gasteiger partial charge is 0.155 e. The van der Waals surface area contributed by atoms with Crippen LogP contribution in [0.4, 0.5) is 0 Å². The summed E-state index contributed by atoms with van der Waals surface area (Å²) in [4.78, 5) is 4.40. The van der Waals surface area contributed by atoms with Gasteiger partial charge in [-0.1, -0.05) is 6.92 Å². The molecule has 2 unspecified atom stereocenters. The van der Waals surface area contributed by atoms with E-state index < -0.39 is 0 Å². The standard InChI is InChI=1S/C10H13N3O/c1-7(8(2)14)9-4-6-13-10(12-9)3-5-11-13/h3-8,14H,1-2H3. The van der Waals surface area contributed by atoms with Crippen LogP contribution in [0.1, 0.15) is 25.5 Å². The molecule has 14 heavy (non-hydrogen) atoms. The third-order valence-electron chi connectivity index (χ3n) is 2.47. The van der Waals surface area contributed by atoms with Gasteiger partial charge in [0.05, 0.1) is 12.3 Å². The number of rotatable bonds is 2. The third kappa shape index (κ3) is 1.48. The van der Waals surface area contributed by atoms with Crippen LogP contribution >= 0.6 is 0 Å². The molecule has 2 heterocycles. The monoisotopic (exact) mass is 191 g/mol. The van der Waals surface area contributed by atoms with E-state index in [0.717, 1.165) is 11.3 Å². The average molecular weight is 191 g/mol. The Bertz CT molecular complexity index is 436. The first-order valence-electron chi connectivity index (χ1n) is 4.67. The maximum Gasteiger partial charge on any atom is 0.155 e. The molecule has 0 aliphatic carbocycles. The lowest BCUT2D eigenvalue weighted by Crippen LogP contribution is -2.12. The third-order valence-corrected chi connectivity index (χ3v) is 2.47. The van der Waals surface area contributed by atoms with Crippen LogP contribution in [-0.2, 0) is 0 Å². The zero-order valence-corrected chi connectivity index (χ0v) is 8.25. The minimum Gasteiger partial charge on any atom is -0.393 e. The van der Waals surface area contributed by atoms with Gasteiger partial charge < -0.3 is 5.11 Å². The van der Waals surface area contributed by atoms with E-state index in [4.69, 9.17) is 0 Å². The minimum atomic E-state index is -0.382. The molecule has 0 spiro atoms. The predicted molar refractivity (Wildman–Crippen MR) is 53.1 cm³/mol.